The molecule has 162 valence electrons. The highest BCUT2D eigenvalue weighted by atomic mass is 32.2. The van der Waals surface area contributed by atoms with Crippen molar-refractivity contribution >= 4 is 15.9 Å². The van der Waals surface area contributed by atoms with Gasteiger partial charge in [-0.2, -0.15) is 0 Å². The summed E-state index contributed by atoms with van der Waals surface area (Å²) in [7, 11) is -3.66. The molecule has 0 unspecified atom stereocenters. The van der Waals surface area contributed by atoms with Crippen LogP contribution in [-0.2, 0) is 16.4 Å². The number of fused-ring (bicyclic) bond motifs is 1. The van der Waals surface area contributed by atoms with Crippen LogP contribution in [0.25, 0.3) is 0 Å². The van der Waals surface area contributed by atoms with Crippen LogP contribution in [-0.4, -0.2) is 39.1 Å². The molecular weight excluding hydrogens is 404 g/mol. The SMILES string of the molecule is CC(C)NS(=O)(=O)c1cccc(C(=O)NCCOc2cccc3c2OC(C)(C)C3)c1. The van der Waals surface area contributed by atoms with E-state index in [1.165, 1.54) is 12.1 Å². The fourth-order valence-electron chi connectivity index (χ4n) is 3.31. The topological polar surface area (TPSA) is 93.7 Å². The predicted octanol–water partition coefficient (Wildman–Crippen LogP) is 2.90. The Bertz CT molecular complexity index is 1030. The second-order valence-electron chi connectivity index (χ2n) is 8.19. The number of rotatable bonds is 8. The molecular formula is C22H28N2O5S. The number of carbonyl (C=O) groups excluding carboxylic acids is 1. The summed E-state index contributed by atoms with van der Waals surface area (Å²) in [6.07, 6.45) is 0.821. The molecule has 0 saturated carbocycles. The summed E-state index contributed by atoms with van der Waals surface area (Å²) >= 11 is 0. The van der Waals surface area contributed by atoms with Crippen molar-refractivity contribution in [2.24, 2.45) is 0 Å². The molecule has 0 radical (unpaired) electrons. The lowest BCUT2D eigenvalue weighted by molar-refractivity contribution is 0.0946. The van der Waals surface area contributed by atoms with E-state index in [0.29, 0.717) is 5.75 Å². The van der Waals surface area contributed by atoms with Gasteiger partial charge >= 0.3 is 0 Å². The van der Waals surface area contributed by atoms with Crippen molar-refractivity contribution in [3.8, 4) is 11.5 Å². The first-order chi connectivity index (χ1) is 14.1. The maximum Gasteiger partial charge on any atom is 0.251 e. The minimum atomic E-state index is -3.66. The first kappa shape index (κ1) is 22.1. The summed E-state index contributed by atoms with van der Waals surface area (Å²) in [6, 6.07) is 11.5. The maximum absolute atomic E-state index is 12.4. The standard InChI is InChI=1S/C22H28N2O5S/c1-15(2)24-30(26,27)18-9-5-7-16(13-18)21(25)23-11-12-28-19-10-6-8-17-14-22(3,4)29-20(17)19/h5-10,13,15,24H,11-12,14H2,1-4H3,(H,23,25). The monoisotopic (exact) mass is 432 g/mol. The average Bonchev–Trinajstić information content (AvgIpc) is 2.98. The highest BCUT2D eigenvalue weighted by Gasteiger charge is 2.32. The van der Waals surface area contributed by atoms with Crippen LogP contribution in [0, 0.1) is 0 Å². The van der Waals surface area contributed by atoms with Crippen LogP contribution in [0.4, 0.5) is 0 Å². The van der Waals surface area contributed by atoms with Crippen LogP contribution in [0.15, 0.2) is 47.4 Å². The summed E-state index contributed by atoms with van der Waals surface area (Å²) in [6.45, 7) is 8.07. The number of carbonyl (C=O) groups is 1. The summed E-state index contributed by atoms with van der Waals surface area (Å²) in [5.74, 6) is 1.04. The number of hydrogen-bond donors (Lipinski definition) is 2. The highest BCUT2D eigenvalue weighted by Crippen LogP contribution is 2.41. The molecule has 0 spiro atoms. The second-order valence-corrected chi connectivity index (χ2v) is 9.91. The Hall–Kier alpha value is -2.58. The lowest BCUT2D eigenvalue weighted by atomic mass is 10.0. The van der Waals surface area contributed by atoms with Gasteiger partial charge in [0, 0.05) is 23.6 Å². The molecule has 0 atom stereocenters. The molecule has 0 fully saturated rings. The van der Waals surface area contributed by atoms with E-state index >= 15 is 0 Å². The smallest absolute Gasteiger partial charge is 0.251 e. The Labute approximate surface area is 177 Å². The molecule has 2 aromatic carbocycles. The third kappa shape index (κ3) is 5.31. The fraction of sp³-hybridized carbons (Fsp3) is 0.409. The van der Waals surface area contributed by atoms with Gasteiger partial charge in [0.1, 0.15) is 12.2 Å². The number of hydrogen-bond acceptors (Lipinski definition) is 5. The van der Waals surface area contributed by atoms with Crippen molar-refractivity contribution in [2.45, 2.75) is 50.7 Å². The first-order valence-electron chi connectivity index (χ1n) is 9.92. The normalized spacial score (nSPS) is 14.8. The third-order valence-corrected chi connectivity index (χ3v) is 6.15. The van der Waals surface area contributed by atoms with Gasteiger partial charge in [0.2, 0.25) is 10.0 Å². The zero-order chi connectivity index (χ0) is 21.9. The minimum Gasteiger partial charge on any atom is -0.488 e. The third-order valence-electron chi connectivity index (χ3n) is 4.50. The molecule has 1 amide bonds. The lowest BCUT2D eigenvalue weighted by Crippen LogP contribution is -2.31. The van der Waals surface area contributed by atoms with Gasteiger partial charge in [0.05, 0.1) is 11.4 Å². The van der Waals surface area contributed by atoms with Crippen LogP contribution in [0.1, 0.15) is 43.6 Å². The number of sulfonamides is 1. The Morgan fingerprint density at radius 3 is 2.67 bits per heavy atom. The Morgan fingerprint density at radius 2 is 1.93 bits per heavy atom. The summed E-state index contributed by atoms with van der Waals surface area (Å²) in [5, 5.41) is 2.75. The molecule has 0 aliphatic carbocycles. The Kier molecular flexibility index (Phi) is 6.38. The molecule has 30 heavy (non-hydrogen) atoms. The largest absolute Gasteiger partial charge is 0.488 e. The fourth-order valence-corrected chi connectivity index (χ4v) is 4.61. The number of benzene rings is 2. The molecule has 3 rings (SSSR count). The van der Waals surface area contributed by atoms with E-state index in [9.17, 15) is 13.2 Å². The van der Waals surface area contributed by atoms with Crippen LogP contribution >= 0.6 is 0 Å². The maximum atomic E-state index is 12.4. The van der Waals surface area contributed by atoms with Crippen molar-refractivity contribution in [2.75, 3.05) is 13.2 Å². The molecule has 2 N–H and O–H groups in total. The van der Waals surface area contributed by atoms with Gasteiger partial charge in [0.15, 0.2) is 11.5 Å². The molecule has 1 heterocycles. The Balaban J connectivity index is 1.57. The number of ether oxygens (including phenoxy) is 2. The second kappa shape index (κ2) is 8.65. The van der Waals surface area contributed by atoms with Crippen molar-refractivity contribution in [3.63, 3.8) is 0 Å². The van der Waals surface area contributed by atoms with E-state index in [-0.39, 0.29) is 41.2 Å². The molecule has 2 aromatic rings. The number of para-hydroxylation sites is 1. The van der Waals surface area contributed by atoms with Gasteiger partial charge in [0.25, 0.3) is 5.91 Å². The molecule has 1 aliphatic heterocycles. The zero-order valence-corrected chi connectivity index (χ0v) is 18.5. The molecule has 0 saturated heterocycles. The summed E-state index contributed by atoms with van der Waals surface area (Å²) < 4.78 is 38.9. The van der Waals surface area contributed by atoms with E-state index in [1.807, 2.05) is 32.0 Å². The average molecular weight is 433 g/mol. The van der Waals surface area contributed by atoms with E-state index in [2.05, 4.69) is 10.0 Å². The quantitative estimate of drug-likeness (QED) is 0.626. The van der Waals surface area contributed by atoms with Gasteiger partial charge < -0.3 is 14.8 Å². The van der Waals surface area contributed by atoms with Crippen LogP contribution < -0.4 is 19.5 Å². The van der Waals surface area contributed by atoms with Gasteiger partial charge in [-0.05, 0) is 52.0 Å². The summed E-state index contributed by atoms with van der Waals surface area (Å²) in [5.41, 5.74) is 1.12. The molecule has 7 nitrogen and oxygen atoms in total. The van der Waals surface area contributed by atoms with E-state index in [0.717, 1.165) is 17.7 Å². The van der Waals surface area contributed by atoms with Crippen molar-refractivity contribution in [1.82, 2.24) is 10.0 Å². The van der Waals surface area contributed by atoms with E-state index < -0.39 is 10.0 Å². The van der Waals surface area contributed by atoms with Crippen LogP contribution in [0.2, 0.25) is 0 Å². The lowest BCUT2D eigenvalue weighted by Gasteiger charge is -2.18. The van der Waals surface area contributed by atoms with Gasteiger partial charge in [-0.3, -0.25) is 4.79 Å². The van der Waals surface area contributed by atoms with Crippen molar-refractivity contribution < 1.29 is 22.7 Å². The summed E-state index contributed by atoms with van der Waals surface area (Å²) in [4.78, 5) is 12.5. The number of nitrogens with one attached hydrogen (secondary N) is 2. The van der Waals surface area contributed by atoms with E-state index in [4.69, 9.17) is 9.47 Å². The van der Waals surface area contributed by atoms with Crippen molar-refractivity contribution in [3.05, 3.63) is 53.6 Å². The first-order valence-corrected chi connectivity index (χ1v) is 11.4. The van der Waals surface area contributed by atoms with Gasteiger partial charge in [-0.25, -0.2) is 13.1 Å². The van der Waals surface area contributed by atoms with E-state index in [1.54, 1.807) is 26.0 Å². The Morgan fingerprint density at radius 1 is 1.20 bits per heavy atom. The highest BCUT2D eigenvalue weighted by molar-refractivity contribution is 7.89. The van der Waals surface area contributed by atoms with Crippen molar-refractivity contribution in [1.29, 1.82) is 0 Å². The van der Waals surface area contributed by atoms with Gasteiger partial charge in [-0.15, -0.1) is 0 Å². The predicted molar refractivity (Wildman–Crippen MR) is 115 cm³/mol. The molecule has 1 aliphatic rings. The van der Waals surface area contributed by atoms with Crippen LogP contribution in [0.5, 0.6) is 11.5 Å². The van der Waals surface area contributed by atoms with Crippen LogP contribution in [0.3, 0.4) is 0 Å². The molecule has 0 bridgehead atoms. The minimum absolute atomic E-state index is 0.0553. The number of amides is 1. The molecule has 0 aromatic heterocycles. The molecule has 8 heteroatoms. The zero-order valence-electron chi connectivity index (χ0n) is 17.7. The van der Waals surface area contributed by atoms with Gasteiger partial charge in [-0.1, -0.05) is 18.2 Å².